The summed E-state index contributed by atoms with van der Waals surface area (Å²) in [6.45, 7) is 5.68. The normalized spacial score (nSPS) is 12.8. The van der Waals surface area contributed by atoms with Crippen LogP contribution in [0.25, 0.3) is 0 Å². The van der Waals surface area contributed by atoms with Crippen molar-refractivity contribution < 1.29 is 24.3 Å². The molecule has 1 aromatic rings. The number of ether oxygens (including phenoxy) is 1. The summed E-state index contributed by atoms with van der Waals surface area (Å²) < 4.78 is 5.10. The summed E-state index contributed by atoms with van der Waals surface area (Å²) in [5.41, 5.74) is 2.33. The fourth-order valence-electron chi connectivity index (χ4n) is 2.87. The van der Waals surface area contributed by atoms with Gasteiger partial charge in [-0.05, 0) is 36.6 Å². The third-order valence-corrected chi connectivity index (χ3v) is 4.66. The maximum atomic E-state index is 12.5. The zero-order valence-corrected chi connectivity index (χ0v) is 17.2. The van der Waals surface area contributed by atoms with E-state index in [-0.39, 0.29) is 30.7 Å². The number of hydrogen-bond acceptors (Lipinski definition) is 5. The predicted octanol–water partition coefficient (Wildman–Crippen LogP) is 1.97. The summed E-state index contributed by atoms with van der Waals surface area (Å²) in [7, 11) is 3.24. The van der Waals surface area contributed by atoms with Gasteiger partial charge < -0.3 is 15.0 Å². The van der Waals surface area contributed by atoms with Crippen LogP contribution in [0.15, 0.2) is 24.3 Å². The molecule has 0 unspecified atom stereocenters. The maximum absolute atomic E-state index is 12.5. The molecule has 0 aliphatic carbocycles. The number of anilines is 1. The van der Waals surface area contributed by atoms with E-state index in [9.17, 15) is 14.4 Å². The number of amides is 3. The van der Waals surface area contributed by atoms with E-state index in [2.05, 4.69) is 5.32 Å². The molecule has 0 aliphatic heterocycles. The van der Waals surface area contributed by atoms with Crippen molar-refractivity contribution in [2.45, 2.75) is 33.6 Å². The van der Waals surface area contributed by atoms with Gasteiger partial charge in [0.2, 0.25) is 17.7 Å². The van der Waals surface area contributed by atoms with E-state index >= 15 is 0 Å². The molecule has 0 aromatic heterocycles. The van der Waals surface area contributed by atoms with Crippen molar-refractivity contribution in [3.8, 4) is 5.75 Å². The number of nitrogens with one attached hydrogen (secondary N) is 2. The zero-order valence-electron chi connectivity index (χ0n) is 17.2. The lowest BCUT2D eigenvalue weighted by Crippen LogP contribution is -2.42. The zero-order chi connectivity index (χ0) is 21.3. The molecule has 0 fully saturated rings. The number of hydrogen-bond donors (Lipinski definition) is 3. The van der Waals surface area contributed by atoms with Crippen molar-refractivity contribution in [3.63, 3.8) is 0 Å². The highest BCUT2D eigenvalue weighted by molar-refractivity contribution is 5.93. The Morgan fingerprint density at radius 2 is 1.71 bits per heavy atom. The maximum Gasteiger partial charge on any atom is 0.246 e. The monoisotopic (exact) mass is 393 g/mol. The Morgan fingerprint density at radius 1 is 1.11 bits per heavy atom. The lowest BCUT2D eigenvalue weighted by molar-refractivity contribution is -0.140. The Morgan fingerprint density at radius 3 is 2.21 bits per heavy atom. The van der Waals surface area contributed by atoms with Gasteiger partial charge in [-0.15, -0.1) is 0 Å². The van der Waals surface area contributed by atoms with Gasteiger partial charge in [0.15, 0.2) is 0 Å². The van der Waals surface area contributed by atoms with Gasteiger partial charge in [0.1, 0.15) is 5.75 Å². The van der Waals surface area contributed by atoms with E-state index in [0.29, 0.717) is 12.2 Å². The van der Waals surface area contributed by atoms with Crippen molar-refractivity contribution >= 4 is 23.4 Å². The lowest BCUT2D eigenvalue weighted by atomic mass is 9.85. The summed E-state index contributed by atoms with van der Waals surface area (Å²) in [6, 6.07) is 7.10. The van der Waals surface area contributed by atoms with Crippen LogP contribution in [-0.2, 0) is 14.4 Å². The van der Waals surface area contributed by atoms with Crippen LogP contribution in [-0.4, -0.2) is 43.6 Å². The number of nitrogens with zero attached hydrogens (tertiary/aromatic N) is 1. The van der Waals surface area contributed by atoms with Gasteiger partial charge in [0, 0.05) is 37.5 Å². The first-order valence-electron chi connectivity index (χ1n) is 9.33. The number of benzene rings is 1. The molecule has 1 aromatic carbocycles. The van der Waals surface area contributed by atoms with Crippen LogP contribution >= 0.6 is 0 Å². The molecule has 0 spiro atoms. The summed E-state index contributed by atoms with van der Waals surface area (Å²) in [5.74, 6) is -1.40. The van der Waals surface area contributed by atoms with Crippen LogP contribution in [0.5, 0.6) is 5.75 Å². The van der Waals surface area contributed by atoms with Crippen molar-refractivity contribution in [2.75, 3.05) is 25.6 Å². The van der Waals surface area contributed by atoms with Crippen LogP contribution in [0.4, 0.5) is 5.69 Å². The molecular weight excluding hydrogens is 362 g/mol. The van der Waals surface area contributed by atoms with Crippen LogP contribution < -0.4 is 20.4 Å². The van der Waals surface area contributed by atoms with Crippen molar-refractivity contribution in [1.82, 2.24) is 10.8 Å². The fourth-order valence-corrected chi connectivity index (χ4v) is 2.87. The third kappa shape index (κ3) is 6.84. The van der Waals surface area contributed by atoms with Gasteiger partial charge in [0.05, 0.1) is 7.11 Å². The minimum atomic E-state index is -0.676. The molecule has 0 aliphatic rings. The summed E-state index contributed by atoms with van der Waals surface area (Å²) in [4.78, 5) is 38.1. The SMILES string of the molecule is COc1ccc(N(C)C(=O)CCNC(=O)[C@H](CC(C)C)[C@H](C)C(=O)NO)cc1. The Bertz CT molecular complexity index is 660. The van der Waals surface area contributed by atoms with Gasteiger partial charge >= 0.3 is 0 Å². The van der Waals surface area contributed by atoms with Gasteiger partial charge in [-0.1, -0.05) is 20.8 Å². The Balaban J connectivity index is 2.61. The van der Waals surface area contributed by atoms with Gasteiger partial charge in [-0.3, -0.25) is 19.6 Å². The van der Waals surface area contributed by atoms with Crippen molar-refractivity contribution in [3.05, 3.63) is 24.3 Å². The molecule has 1 rings (SSSR count). The molecule has 28 heavy (non-hydrogen) atoms. The molecule has 8 nitrogen and oxygen atoms in total. The minimum absolute atomic E-state index is 0.128. The van der Waals surface area contributed by atoms with Gasteiger partial charge in [-0.25, -0.2) is 5.48 Å². The smallest absolute Gasteiger partial charge is 0.246 e. The summed E-state index contributed by atoms with van der Waals surface area (Å²) in [5, 5.41) is 11.6. The van der Waals surface area contributed by atoms with Crippen LogP contribution in [0, 0.1) is 17.8 Å². The number of methoxy groups -OCH3 is 1. The van der Waals surface area contributed by atoms with E-state index in [1.807, 2.05) is 13.8 Å². The summed E-state index contributed by atoms with van der Waals surface area (Å²) >= 11 is 0. The molecule has 0 bridgehead atoms. The number of carbonyl (C=O) groups is 3. The first-order valence-corrected chi connectivity index (χ1v) is 9.33. The second-order valence-corrected chi connectivity index (χ2v) is 7.19. The Kier molecular flexibility index (Phi) is 9.44. The summed E-state index contributed by atoms with van der Waals surface area (Å²) in [6.07, 6.45) is 0.628. The topological polar surface area (TPSA) is 108 Å². The average molecular weight is 393 g/mol. The van der Waals surface area contributed by atoms with Gasteiger partial charge in [0.25, 0.3) is 0 Å². The van der Waals surface area contributed by atoms with Crippen molar-refractivity contribution in [1.29, 1.82) is 0 Å². The molecule has 156 valence electrons. The first kappa shape index (κ1) is 23.4. The number of carbonyl (C=O) groups excluding carboxylic acids is 3. The standard InChI is InChI=1S/C20H31N3O5/c1-13(2)12-17(14(3)19(25)22-27)20(26)21-11-10-18(24)23(4)15-6-8-16(28-5)9-7-15/h6-9,13-14,17,27H,10-12H2,1-5H3,(H,21,26)(H,22,25)/t14-,17+/m0/s1. The predicted molar refractivity (Wildman–Crippen MR) is 106 cm³/mol. The molecule has 2 atom stereocenters. The Hall–Kier alpha value is -2.61. The molecular formula is C20H31N3O5. The van der Waals surface area contributed by atoms with Crippen LogP contribution in [0.3, 0.4) is 0 Å². The molecule has 3 amide bonds. The second-order valence-electron chi connectivity index (χ2n) is 7.19. The van der Waals surface area contributed by atoms with Crippen LogP contribution in [0.2, 0.25) is 0 Å². The van der Waals surface area contributed by atoms with E-state index in [1.165, 1.54) is 4.90 Å². The highest BCUT2D eigenvalue weighted by Gasteiger charge is 2.30. The molecule has 0 saturated heterocycles. The van der Waals surface area contributed by atoms with Gasteiger partial charge in [-0.2, -0.15) is 0 Å². The highest BCUT2D eigenvalue weighted by Crippen LogP contribution is 2.21. The molecule has 0 heterocycles. The molecule has 3 N–H and O–H groups in total. The van der Waals surface area contributed by atoms with E-state index in [4.69, 9.17) is 9.94 Å². The quantitative estimate of drug-likeness (QED) is 0.416. The number of hydroxylamine groups is 1. The van der Waals surface area contributed by atoms with Crippen LogP contribution in [0.1, 0.15) is 33.6 Å². The number of rotatable bonds is 10. The first-order chi connectivity index (χ1) is 13.2. The average Bonchev–Trinajstić information content (AvgIpc) is 2.69. The molecule has 0 saturated carbocycles. The molecule has 0 radical (unpaired) electrons. The van der Waals surface area contributed by atoms with E-state index < -0.39 is 17.7 Å². The fraction of sp³-hybridized carbons (Fsp3) is 0.550. The minimum Gasteiger partial charge on any atom is -0.497 e. The lowest BCUT2D eigenvalue weighted by Gasteiger charge is -2.23. The second kappa shape index (κ2) is 11.3. The third-order valence-electron chi connectivity index (χ3n) is 4.66. The van der Waals surface area contributed by atoms with E-state index in [0.717, 1.165) is 5.69 Å². The van der Waals surface area contributed by atoms with Crippen molar-refractivity contribution in [2.24, 2.45) is 17.8 Å². The largest absolute Gasteiger partial charge is 0.497 e. The van der Waals surface area contributed by atoms with E-state index in [1.54, 1.807) is 50.8 Å². The Labute approximate surface area is 166 Å². The highest BCUT2D eigenvalue weighted by atomic mass is 16.5. The molecule has 8 heteroatoms.